The standard InChI is InChI=1S/C10H14N2O/c13-10(4-8-5-12-6-8)9-2-1-3-11-7-9/h1-3,7-8,10,12-13H,4-6H2. The molecule has 2 heterocycles. The van der Waals surface area contributed by atoms with E-state index in [9.17, 15) is 5.11 Å². The van der Waals surface area contributed by atoms with Crippen LogP contribution < -0.4 is 5.32 Å². The Hall–Kier alpha value is -0.930. The summed E-state index contributed by atoms with van der Waals surface area (Å²) in [5, 5.41) is 13.0. The predicted molar refractivity (Wildman–Crippen MR) is 50.2 cm³/mol. The minimum atomic E-state index is -0.346. The first kappa shape index (κ1) is 8.66. The summed E-state index contributed by atoms with van der Waals surface area (Å²) in [5.74, 6) is 0.634. The van der Waals surface area contributed by atoms with E-state index < -0.39 is 0 Å². The lowest BCUT2D eigenvalue weighted by Crippen LogP contribution is -2.42. The minimum absolute atomic E-state index is 0.346. The Bertz CT molecular complexity index is 259. The molecule has 1 aliphatic rings. The second-order valence-electron chi connectivity index (χ2n) is 3.56. The van der Waals surface area contributed by atoms with Crippen molar-refractivity contribution in [3.8, 4) is 0 Å². The van der Waals surface area contributed by atoms with Crippen molar-refractivity contribution < 1.29 is 5.11 Å². The van der Waals surface area contributed by atoms with Crippen molar-refractivity contribution in [2.24, 2.45) is 5.92 Å². The van der Waals surface area contributed by atoms with Gasteiger partial charge in [-0.3, -0.25) is 4.98 Å². The first-order chi connectivity index (χ1) is 6.36. The Morgan fingerprint density at radius 1 is 1.62 bits per heavy atom. The number of aliphatic hydroxyl groups excluding tert-OH is 1. The Balaban J connectivity index is 1.92. The average Bonchev–Trinajstić information content (AvgIpc) is 2.12. The van der Waals surface area contributed by atoms with Gasteiger partial charge in [0.25, 0.3) is 0 Å². The van der Waals surface area contributed by atoms with Gasteiger partial charge < -0.3 is 10.4 Å². The molecule has 1 fully saturated rings. The highest BCUT2D eigenvalue weighted by Crippen LogP contribution is 2.22. The number of pyridine rings is 1. The van der Waals surface area contributed by atoms with Crippen LogP contribution in [0.4, 0.5) is 0 Å². The quantitative estimate of drug-likeness (QED) is 0.717. The van der Waals surface area contributed by atoms with E-state index in [1.54, 1.807) is 12.4 Å². The largest absolute Gasteiger partial charge is 0.388 e. The number of nitrogens with zero attached hydrogens (tertiary/aromatic N) is 1. The van der Waals surface area contributed by atoms with Gasteiger partial charge in [0.05, 0.1) is 6.10 Å². The van der Waals surface area contributed by atoms with E-state index in [0.717, 1.165) is 25.1 Å². The molecule has 1 aliphatic heterocycles. The van der Waals surface area contributed by atoms with Crippen LogP contribution in [-0.2, 0) is 0 Å². The van der Waals surface area contributed by atoms with Gasteiger partial charge in [-0.1, -0.05) is 6.07 Å². The molecular weight excluding hydrogens is 164 g/mol. The third kappa shape index (κ3) is 2.05. The van der Waals surface area contributed by atoms with Crippen LogP contribution in [0.1, 0.15) is 18.1 Å². The summed E-state index contributed by atoms with van der Waals surface area (Å²) in [4.78, 5) is 3.98. The maximum Gasteiger partial charge on any atom is 0.0808 e. The van der Waals surface area contributed by atoms with Crippen molar-refractivity contribution in [2.75, 3.05) is 13.1 Å². The van der Waals surface area contributed by atoms with E-state index in [1.165, 1.54) is 0 Å². The fourth-order valence-electron chi connectivity index (χ4n) is 1.54. The monoisotopic (exact) mass is 178 g/mol. The molecule has 1 unspecified atom stereocenters. The Morgan fingerprint density at radius 2 is 2.46 bits per heavy atom. The van der Waals surface area contributed by atoms with Crippen LogP contribution in [0.3, 0.4) is 0 Å². The maximum absolute atomic E-state index is 9.79. The number of aromatic nitrogens is 1. The molecular formula is C10H14N2O. The summed E-state index contributed by atoms with van der Waals surface area (Å²) < 4.78 is 0. The first-order valence-corrected chi connectivity index (χ1v) is 4.65. The smallest absolute Gasteiger partial charge is 0.0808 e. The van der Waals surface area contributed by atoms with E-state index in [1.807, 2.05) is 12.1 Å². The van der Waals surface area contributed by atoms with Gasteiger partial charge in [0.1, 0.15) is 0 Å². The van der Waals surface area contributed by atoms with Crippen molar-refractivity contribution >= 4 is 0 Å². The normalized spacial score (nSPS) is 19.5. The van der Waals surface area contributed by atoms with Crippen LogP contribution in [0.25, 0.3) is 0 Å². The second kappa shape index (κ2) is 3.85. The van der Waals surface area contributed by atoms with Gasteiger partial charge in [0.2, 0.25) is 0 Å². The molecule has 0 aliphatic carbocycles. The lowest BCUT2D eigenvalue weighted by Gasteiger charge is -2.28. The van der Waals surface area contributed by atoms with Crippen LogP contribution in [0.5, 0.6) is 0 Å². The van der Waals surface area contributed by atoms with Gasteiger partial charge in [0, 0.05) is 12.4 Å². The molecule has 3 nitrogen and oxygen atoms in total. The minimum Gasteiger partial charge on any atom is -0.388 e. The molecule has 0 amide bonds. The topological polar surface area (TPSA) is 45.1 Å². The number of aliphatic hydroxyl groups is 1. The fourth-order valence-corrected chi connectivity index (χ4v) is 1.54. The average molecular weight is 178 g/mol. The van der Waals surface area contributed by atoms with Crippen molar-refractivity contribution in [1.82, 2.24) is 10.3 Å². The number of nitrogens with one attached hydrogen (secondary N) is 1. The summed E-state index contributed by atoms with van der Waals surface area (Å²) in [6, 6.07) is 3.78. The molecule has 1 aromatic heterocycles. The Morgan fingerprint density at radius 3 is 3.00 bits per heavy atom. The van der Waals surface area contributed by atoms with Gasteiger partial charge in [-0.05, 0) is 37.1 Å². The molecule has 13 heavy (non-hydrogen) atoms. The van der Waals surface area contributed by atoms with E-state index in [0.29, 0.717) is 5.92 Å². The molecule has 70 valence electrons. The Labute approximate surface area is 77.8 Å². The molecule has 0 aromatic carbocycles. The van der Waals surface area contributed by atoms with Gasteiger partial charge in [0.15, 0.2) is 0 Å². The van der Waals surface area contributed by atoms with E-state index in [4.69, 9.17) is 0 Å². The summed E-state index contributed by atoms with van der Waals surface area (Å²) in [6.45, 7) is 2.08. The van der Waals surface area contributed by atoms with Crippen LogP contribution in [0, 0.1) is 5.92 Å². The molecule has 2 N–H and O–H groups in total. The van der Waals surface area contributed by atoms with Gasteiger partial charge in [-0.15, -0.1) is 0 Å². The zero-order valence-electron chi connectivity index (χ0n) is 7.48. The van der Waals surface area contributed by atoms with Crippen molar-refractivity contribution in [3.05, 3.63) is 30.1 Å². The maximum atomic E-state index is 9.79. The summed E-state index contributed by atoms with van der Waals surface area (Å²) in [7, 11) is 0. The molecule has 2 rings (SSSR count). The zero-order valence-corrected chi connectivity index (χ0v) is 7.48. The van der Waals surface area contributed by atoms with Crippen molar-refractivity contribution in [1.29, 1.82) is 0 Å². The van der Waals surface area contributed by atoms with E-state index in [-0.39, 0.29) is 6.10 Å². The first-order valence-electron chi connectivity index (χ1n) is 4.65. The van der Waals surface area contributed by atoms with E-state index in [2.05, 4.69) is 10.3 Å². The van der Waals surface area contributed by atoms with Crippen LogP contribution >= 0.6 is 0 Å². The van der Waals surface area contributed by atoms with Gasteiger partial charge in [-0.25, -0.2) is 0 Å². The highest BCUT2D eigenvalue weighted by atomic mass is 16.3. The van der Waals surface area contributed by atoms with Crippen LogP contribution in [0.15, 0.2) is 24.5 Å². The Kier molecular flexibility index (Phi) is 2.57. The molecule has 0 radical (unpaired) electrons. The van der Waals surface area contributed by atoms with Crippen molar-refractivity contribution in [3.63, 3.8) is 0 Å². The molecule has 1 saturated heterocycles. The number of hydrogen-bond donors (Lipinski definition) is 2. The summed E-state index contributed by atoms with van der Waals surface area (Å²) >= 11 is 0. The molecule has 3 heteroatoms. The third-order valence-electron chi connectivity index (χ3n) is 2.49. The van der Waals surface area contributed by atoms with Crippen molar-refractivity contribution in [2.45, 2.75) is 12.5 Å². The van der Waals surface area contributed by atoms with E-state index >= 15 is 0 Å². The molecule has 1 atom stereocenters. The molecule has 1 aromatic rings. The fraction of sp³-hybridized carbons (Fsp3) is 0.500. The lowest BCUT2D eigenvalue weighted by molar-refractivity contribution is 0.126. The summed E-state index contributed by atoms with van der Waals surface area (Å²) in [5.41, 5.74) is 0.925. The van der Waals surface area contributed by atoms with Gasteiger partial charge >= 0.3 is 0 Å². The number of rotatable bonds is 3. The SMILES string of the molecule is OC(CC1CNC1)c1cccnc1. The van der Waals surface area contributed by atoms with Crippen LogP contribution in [-0.4, -0.2) is 23.2 Å². The number of hydrogen-bond acceptors (Lipinski definition) is 3. The van der Waals surface area contributed by atoms with Crippen LogP contribution in [0.2, 0.25) is 0 Å². The molecule has 0 bridgehead atoms. The summed E-state index contributed by atoms with van der Waals surface area (Å²) in [6.07, 6.45) is 3.96. The highest BCUT2D eigenvalue weighted by Gasteiger charge is 2.21. The predicted octanol–water partition coefficient (Wildman–Crippen LogP) is 0.725. The lowest BCUT2D eigenvalue weighted by atomic mass is 9.93. The third-order valence-corrected chi connectivity index (χ3v) is 2.49. The highest BCUT2D eigenvalue weighted by molar-refractivity contribution is 5.11. The molecule has 0 saturated carbocycles. The second-order valence-corrected chi connectivity index (χ2v) is 3.56. The zero-order chi connectivity index (χ0) is 9.10. The van der Waals surface area contributed by atoms with Gasteiger partial charge in [-0.2, -0.15) is 0 Å². The molecule has 0 spiro atoms.